The fraction of sp³-hybridized carbons (Fsp3) is 0.786. The number of nitrogens with zero attached hydrogens (tertiary/aromatic N) is 1. The van der Waals surface area contributed by atoms with Crippen LogP contribution in [0.1, 0.15) is 40.0 Å². The van der Waals surface area contributed by atoms with Crippen molar-refractivity contribution in [3.63, 3.8) is 0 Å². The lowest BCUT2D eigenvalue weighted by molar-refractivity contribution is -0.130. The first kappa shape index (κ1) is 16.2. The Labute approximate surface area is 106 Å². The van der Waals surface area contributed by atoms with Crippen molar-refractivity contribution in [3.05, 3.63) is 12.7 Å². The Morgan fingerprint density at radius 2 is 1.88 bits per heavy atom. The summed E-state index contributed by atoms with van der Waals surface area (Å²) in [7, 11) is 5.82. The van der Waals surface area contributed by atoms with Gasteiger partial charge in [0.2, 0.25) is 5.91 Å². The third kappa shape index (κ3) is 3.32. The van der Waals surface area contributed by atoms with E-state index in [9.17, 15) is 4.79 Å². The van der Waals surface area contributed by atoms with Crippen molar-refractivity contribution in [1.29, 1.82) is 0 Å². The van der Waals surface area contributed by atoms with Gasteiger partial charge in [-0.3, -0.25) is 4.79 Å². The topological polar surface area (TPSA) is 32.3 Å². The molecule has 1 amide bonds. The zero-order valence-corrected chi connectivity index (χ0v) is 12.3. The fourth-order valence-electron chi connectivity index (χ4n) is 2.20. The Morgan fingerprint density at radius 3 is 2.12 bits per heavy atom. The molecule has 3 heteroatoms. The third-order valence-electron chi connectivity index (χ3n) is 4.24. The van der Waals surface area contributed by atoms with E-state index in [0.29, 0.717) is 0 Å². The predicted molar refractivity (Wildman–Crippen MR) is 74.0 cm³/mol. The number of hydrogen-bond acceptors (Lipinski definition) is 2. The summed E-state index contributed by atoms with van der Waals surface area (Å²) in [5.74, 6) is 0.0662. The van der Waals surface area contributed by atoms with E-state index in [-0.39, 0.29) is 11.4 Å². The Balaban J connectivity index is 5.24. The highest BCUT2D eigenvalue weighted by molar-refractivity contribution is 5.84. The fourth-order valence-corrected chi connectivity index (χ4v) is 2.20. The zero-order valence-electron chi connectivity index (χ0n) is 12.3. The number of carbonyl (C=O) groups is 1. The molecule has 17 heavy (non-hydrogen) atoms. The smallest absolute Gasteiger partial charge is 0.229 e. The van der Waals surface area contributed by atoms with Crippen LogP contribution in [0.5, 0.6) is 0 Å². The van der Waals surface area contributed by atoms with E-state index >= 15 is 0 Å². The molecule has 0 aliphatic carbocycles. The van der Waals surface area contributed by atoms with E-state index in [0.717, 1.165) is 19.3 Å². The van der Waals surface area contributed by atoms with Gasteiger partial charge in [-0.1, -0.05) is 19.9 Å². The molecule has 0 aliphatic heterocycles. The van der Waals surface area contributed by atoms with Gasteiger partial charge in [0.25, 0.3) is 0 Å². The molecule has 0 aromatic rings. The van der Waals surface area contributed by atoms with Crippen LogP contribution in [0.3, 0.4) is 0 Å². The van der Waals surface area contributed by atoms with Crippen molar-refractivity contribution in [2.45, 2.75) is 45.6 Å². The van der Waals surface area contributed by atoms with Crippen molar-refractivity contribution in [3.8, 4) is 0 Å². The summed E-state index contributed by atoms with van der Waals surface area (Å²) in [6.07, 6.45) is 4.39. The van der Waals surface area contributed by atoms with Gasteiger partial charge in [0.1, 0.15) is 0 Å². The van der Waals surface area contributed by atoms with Crippen LogP contribution in [0.15, 0.2) is 12.7 Å². The lowest BCUT2D eigenvalue weighted by Gasteiger charge is -2.42. The summed E-state index contributed by atoms with van der Waals surface area (Å²) in [5, 5.41) is 2.76. The SMILES string of the molecule is C=CC(CC)(CC(C)(CC)N(C)C)C(=O)NC. The van der Waals surface area contributed by atoms with Gasteiger partial charge in [0.15, 0.2) is 0 Å². The van der Waals surface area contributed by atoms with Gasteiger partial charge >= 0.3 is 0 Å². The first-order valence-corrected chi connectivity index (χ1v) is 6.35. The highest BCUT2D eigenvalue weighted by Crippen LogP contribution is 2.37. The highest BCUT2D eigenvalue weighted by atomic mass is 16.2. The van der Waals surface area contributed by atoms with E-state index in [1.165, 1.54) is 0 Å². The highest BCUT2D eigenvalue weighted by Gasteiger charge is 2.40. The molecule has 100 valence electrons. The minimum atomic E-state index is -0.468. The van der Waals surface area contributed by atoms with Crippen LogP contribution in [0.4, 0.5) is 0 Å². The number of nitrogens with one attached hydrogen (secondary N) is 1. The van der Waals surface area contributed by atoms with E-state index in [1.807, 2.05) is 13.0 Å². The van der Waals surface area contributed by atoms with Gasteiger partial charge in [0, 0.05) is 12.6 Å². The van der Waals surface area contributed by atoms with Gasteiger partial charge in [-0.2, -0.15) is 0 Å². The minimum Gasteiger partial charge on any atom is -0.358 e. The van der Waals surface area contributed by atoms with Crippen molar-refractivity contribution in [2.75, 3.05) is 21.1 Å². The lowest BCUT2D eigenvalue weighted by Crippen LogP contribution is -2.49. The molecule has 3 nitrogen and oxygen atoms in total. The molecule has 0 aromatic heterocycles. The molecule has 0 radical (unpaired) electrons. The van der Waals surface area contributed by atoms with Crippen LogP contribution >= 0.6 is 0 Å². The molecule has 0 saturated heterocycles. The van der Waals surface area contributed by atoms with E-state index in [1.54, 1.807) is 7.05 Å². The first-order chi connectivity index (χ1) is 7.81. The summed E-state index contributed by atoms with van der Waals surface area (Å²) < 4.78 is 0. The Hall–Kier alpha value is -0.830. The van der Waals surface area contributed by atoms with E-state index in [2.05, 4.69) is 44.7 Å². The van der Waals surface area contributed by atoms with Gasteiger partial charge < -0.3 is 10.2 Å². The molecule has 0 aromatic carbocycles. The largest absolute Gasteiger partial charge is 0.358 e. The Morgan fingerprint density at radius 1 is 1.35 bits per heavy atom. The van der Waals surface area contributed by atoms with Crippen LogP contribution in [0.25, 0.3) is 0 Å². The molecule has 1 N–H and O–H groups in total. The quantitative estimate of drug-likeness (QED) is 0.693. The molecule has 0 bridgehead atoms. The van der Waals surface area contributed by atoms with Crippen LogP contribution in [-0.4, -0.2) is 37.5 Å². The Kier molecular flexibility index (Phi) is 5.89. The second-order valence-corrected chi connectivity index (χ2v) is 5.21. The van der Waals surface area contributed by atoms with Crippen molar-refractivity contribution >= 4 is 5.91 Å². The summed E-state index contributed by atoms with van der Waals surface area (Å²) >= 11 is 0. The lowest BCUT2D eigenvalue weighted by atomic mass is 9.72. The third-order valence-corrected chi connectivity index (χ3v) is 4.24. The molecule has 0 fully saturated rings. The summed E-state index contributed by atoms with van der Waals surface area (Å²) in [4.78, 5) is 14.3. The van der Waals surface area contributed by atoms with Gasteiger partial charge in [-0.15, -0.1) is 6.58 Å². The average Bonchev–Trinajstić information content (AvgIpc) is 2.34. The average molecular weight is 240 g/mol. The molecular weight excluding hydrogens is 212 g/mol. The Bertz CT molecular complexity index is 275. The molecule has 0 spiro atoms. The zero-order chi connectivity index (χ0) is 13.7. The number of hydrogen-bond donors (Lipinski definition) is 1. The minimum absolute atomic E-state index is 0.0106. The molecule has 0 aliphatic rings. The van der Waals surface area contributed by atoms with Crippen LogP contribution in [-0.2, 0) is 4.79 Å². The maximum atomic E-state index is 12.1. The molecular formula is C14H28N2O. The van der Waals surface area contributed by atoms with Crippen LogP contribution in [0, 0.1) is 5.41 Å². The molecule has 0 rings (SSSR count). The van der Waals surface area contributed by atoms with Crippen LogP contribution in [0.2, 0.25) is 0 Å². The molecule has 0 saturated carbocycles. The molecule has 2 atom stereocenters. The summed E-state index contributed by atoms with van der Waals surface area (Å²) in [5.41, 5.74) is -0.458. The van der Waals surface area contributed by atoms with E-state index < -0.39 is 5.41 Å². The van der Waals surface area contributed by atoms with Crippen LogP contribution < -0.4 is 5.32 Å². The van der Waals surface area contributed by atoms with Crippen molar-refractivity contribution < 1.29 is 4.79 Å². The molecule has 0 heterocycles. The summed E-state index contributed by atoms with van der Waals surface area (Å²) in [6, 6.07) is 0. The normalized spacial score (nSPS) is 18.3. The summed E-state index contributed by atoms with van der Waals surface area (Å²) in [6.45, 7) is 10.3. The number of carbonyl (C=O) groups excluding carboxylic acids is 1. The first-order valence-electron chi connectivity index (χ1n) is 6.35. The number of amides is 1. The van der Waals surface area contributed by atoms with Crippen molar-refractivity contribution in [1.82, 2.24) is 10.2 Å². The monoisotopic (exact) mass is 240 g/mol. The van der Waals surface area contributed by atoms with Crippen molar-refractivity contribution in [2.24, 2.45) is 5.41 Å². The number of rotatable bonds is 7. The standard InChI is InChI=1S/C14H28N2O/c1-8-13(4,16(6)7)11-14(9-2,10-3)12(17)15-5/h9H,2,8,10-11H2,1,3-7H3,(H,15,17). The van der Waals surface area contributed by atoms with E-state index in [4.69, 9.17) is 0 Å². The van der Waals surface area contributed by atoms with Gasteiger partial charge in [-0.05, 0) is 40.3 Å². The second-order valence-electron chi connectivity index (χ2n) is 5.21. The van der Waals surface area contributed by atoms with Gasteiger partial charge in [-0.25, -0.2) is 0 Å². The second kappa shape index (κ2) is 6.20. The van der Waals surface area contributed by atoms with Gasteiger partial charge in [0.05, 0.1) is 5.41 Å². The molecule has 2 unspecified atom stereocenters. The maximum absolute atomic E-state index is 12.1. The predicted octanol–water partition coefficient (Wildman–Crippen LogP) is 2.44. The maximum Gasteiger partial charge on any atom is 0.229 e.